The monoisotopic (exact) mass is 296 g/mol. The SMILES string of the molecule is [O-][P+]1(OCCc2ccccc2)OCC2CCCCC2O1. The highest BCUT2D eigenvalue weighted by molar-refractivity contribution is 7.54. The Morgan fingerprint density at radius 3 is 2.85 bits per heavy atom. The van der Waals surface area contributed by atoms with E-state index in [1.165, 1.54) is 6.42 Å². The number of hydrogen-bond acceptors (Lipinski definition) is 4. The summed E-state index contributed by atoms with van der Waals surface area (Å²) in [5, 5.41) is 0. The van der Waals surface area contributed by atoms with Crippen LogP contribution in [0.1, 0.15) is 31.2 Å². The third-order valence-corrected chi connectivity index (χ3v) is 5.53. The Hall–Kier alpha value is -0.510. The molecule has 1 aliphatic heterocycles. The van der Waals surface area contributed by atoms with E-state index in [9.17, 15) is 4.89 Å². The fourth-order valence-corrected chi connectivity index (χ4v) is 4.37. The maximum atomic E-state index is 12.4. The molecular formula is C15H21O4P. The molecule has 3 rings (SSSR count). The van der Waals surface area contributed by atoms with Crippen LogP contribution in [0.4, 0.5) is 0 Å². The quantitative estimate of drug-likeness (QED) is 0.802. The smallest absolute Gasteiger partial charge is 0.379 e. The topological polar surface area (TPSA) is 50.8 Å². The number of fused-ring (bicyclic) bond motifs is 1. The van der Waals surface area contributed by atoms with Crippen LogP contribution in [0.3, 0.4) is 0 Å². The zero-order valence-corrected chi connectivity index (χ0v) is 12.5. The van der Waals surface area contributed by atoms with Crippen LogP contribution in [-0.4, -0.2) is 19.3 Å². The maximum absolute atomic E-state index is 12.4. The summed E-state index contributed by atoms with van der Waals surface area (Å²) in [6.45, 7) is 0.867. The second kappa shape index (κ2) is 6.50. The average Bonchev–Trinajstić information content (AvgIpc) is 2.48. The molecule has 3 unspecified atom stereocenters. The molecule has 0 N–H and O–H groups in total. The van der Waals surface area contributed by atoms with Crippen LogP contribution in [0.15, 0.2) is 30.3 Å². The fraction of sp³-hybridized carbons (Fsp3) is 0.600. The Bertz CT molecular complexity index is 427. The van der Waals surface area contributed by atoms with Crippen LogP contribution in [0.5, 0.6) is 0 Å². The number of benzene rings is 1. The van der Waals surface area contributed by atoms with Crippen LogP contribution in [-0.2, 0) is 20.0 Å². The van der Waals surface area contributed by atoms with Gasteiger partial charge in [-0.15, -0.1) is 0 Å². The van der Waals surface area contributed by atoms with Gasteiger partial charge in [0.2, 0.25) is 0 Å². The molecule has 0 aromatic heterocycles. The van der Waals surface area contributed by atoms with Crippen LogP contribution in [0.2, 0.25) is 0 Å². The summed E-state index contributed by atoms with van der Waals surface area (Å²) in [7, 11) is -3.34. The first kappa shape index (κ1) is 14.4. The number of rotatable bonds is 4. The van der Waals surface area contributed by atoms with Crippen molar-refractivity contribution in [1.29, 1.82) is 0 Å². The first-order valence-corrected chi connectivity index (χ1v) is 8.83. The molecule has 3 atom stereocenters. The minimum absolute atomic E-state index is 0.0556. The van der Waals surface area contributed by atoms with E-state index in [4.69, 9.17) is 13.6 Å². The molecule has 20 heavy (non-hydrogen) atoms. The molecule has 1 aromatic carbocycles. The van der Waals surface area contributed by atoms with Gasteiger partial charge in [-0.3, -0.25) is 0 Å². The van der Waals surface area contributed by atoms with Crippen molar-refractivity contribution >= 4 is 8.17 Å². The molecule has 1 aliphatic carbocycles. The molecule has 5 heteroatoms. The Morgan fingerprint density at radius 2 is 2.00 bits per heavy atom. The highest BCUT2D eigenvalue weighted by Gasteiger charge is 2.46. The lowest BCUT2D eigenvalue weighted by molar-refractivity contribution is -0.268. The van der Waals surface area contributed by atoms with Crippen LogP contribution >= 0.6 is 8.17 Å². The van der Waals surface area contributed by atoms with Gasteiger partial charge in [0.1, 0.15) is 19.3 Å². The Kier molecular flexibility index (Phi) is 4.69. The molecule has 1 saturated carbocycles. The number of phosphoric acid groups is 1. The van der Waals surface area contributed by atoms with Crippen LogP contribution in [0.25, 0.3) is 0 Å². The molecule has 2 fully saturated rings. The Labute approximate surface area is 120 Å². The highest BCUT2D eigenvalue weighted by atomic mass is 31.2. The molecular weight excluding hydrogens is 275 g/mol. The molecule has 2 aliphatic rings. The lowest BCUT2D eigenvalue weighted by Crippen LogP contribution is -2.39. The van der Waals surface area contributed by atoms with E-state index in [0.29, 0.717) is 25.6 Å². The first-order valence-electron chi connectivity index (χ1n) is 7.37. The zero-order valence-electron chi connectivity index (χ0n) is 11.6. The van der Waals surface area contributed by atoms with Crippen molar-refractivity contribution in [1.82, 2.24) is 0 Å². The van der Waals surface area contributed by atoms with Gasteiger partial charge >= 0.3 is 8.17 Å². The summed E-state index contributed by atoms with van der Waals surface area (Å²) >= 11 is 0. The zero-order chi connectivity index (χ0) is 13.8. The second-order valence-corrected chi connectivity index (χ2v) is 7.12. The molecule has 0 bridgehead atoms. The van der Waals surface area contributed by atoms with E-state index in [0.717, 1.165) is 24.8 Å². The van der Waals surface area contributed by atoms with Crippen molar-refractivity contribution in [3.63, 3.8) is 0 Å². The van der Waals surface area contributed by atoms with E-state index < -0.39 is 8.17 Å². The maximum Gasteiger partial charge on any atom is 0.379 e. The van der Waals surface area contributed by atoms with Crippen molar-refractivity contribution in [3.05, 3.63) is 35.9 Å². The molecule has 110 valence electrons. The predicted octanol–water partition coefficient (Wildman–Crippen LogP) is 2.89. The minimum Gasteiger partial charge on any atom is -0.606 e. The third kappa shape index (κ3) is 3.57. The van der Waals surface area contributed by atoms with Crippen molar-refractivity contribution in [2.45, 2.75) is 38.2 Å². The molecule has 1 heterocycles. The number of phosphoric ester groups is 1. The standard InChI is InChI=1S/C15H21O4P/c16-20(17-11-10-13-6-2-1-3-7-13)18-12-14-8-4-5-9-15(14)19-20/h1-3,6-7,14-15H,4-5,8-12H2. The first-order chi connectivity index (χ1) is 9.75. The summed E-state index contributed by atoms with van der Waals surface area (Å²) in [5.41, 5.74) is 1.16. The van der Waals surface area contributed by atoms with E-state index in [1.54, 1.807) is 0 Å². The Balaban J connectivity index is 1.49. The highest BCUT2D eigenvalue weighted by Crippen LogP contribution is 2.59. The molecule has 0 spiro atoms. The van der Waals surface area contributed by atoms with E-state index in [2.05, 4.69) is 0 Å². The minimum atomic E-state index is -3.34. The van der Waals surface area contributed by atoms with E-state index in [1.807, 2.05) is 30.3 Å². The molecule has 0 amide bonds. The van der Waals surface area contributed by atoms with E-state index in [-0.39, 0.29) is 6.10 Å². The van der Waals surface area contributed by atoms with Crippen LogP contribution < -0.4 is 4.89 Å². The summed E-state index contributed by atoms with van der Waals surface area (Å²) in [6.07, 6.45) is 5.21. The lowest BCUT2D eigenvalue weighted by Gasteiger charge is -2.39. The van der Waals surface area contributed by atoms with Crippen molar-refractivity contribution in [2.75, 3.05) is 13.2 Å². The van der Waals surface area contributed by atoms with Gasteiger partial charge in [0.25, 0.3) is 0 Å². The van der Waals surface area contributed by atoms with Gasteiger partial charge in [0.05, 0.1) is 0 Å². The van der Waals surface area contributed by atoms with Gasteiger partial charge < -0.3 is 4.89 Å². The fourth-order valence-electron chi connectivity index (χ4n) is 2.87. The molecule has 0 radical (unpaired) electrons. The predicted molar refractivity (Wildman–Crippen MR) is 75.8 cm³/mol. The van der Waals surface area contributed by atoms with Gasteiger partial charge in [-0.25, -0.2) is 0 Å². The van der Waals surface area contributed by atoms with Gasteiger partial charge in [-0.1, -0.05) is 43.2 Å². The molecule has 1 saturated heterocycles. The van der Waals surface area contributed by atoms with Gasteiger partial charge in [0, 0.05) is 12.3 Å². The van der Waals surface area contributed by atoms with Gasteiger partial charge in [0.15, 0.2) is 0 Å². The lowest BCUT2D eigenvalue weighted by atomic mass is 9.87. The van der Waals surface area contributed by atoms with E-state index >= 15 is 0 Å². The molecule has 4 nitrogen and oxygen atoms in total. The summed E-state index contributed by atoms with van der Waals surface area (Å²) < 4.78 is 16.4. The third-order valence-electron chi connectivity index (χ3n) is 4.03. The normalized spacial score (nSPS) is 33.6. The molecule has 1 aromatic rings. The van der Waals surface area contributed by atoms with Crippen molar-refractivity contribution < 1.29 is 18.5 Å². The van der Waals surface area contributed by atoms with Crippen molar-refractivity contribution in [2.24, 2.45) is 5.92 Å². The Morgan fingerprint density at radius 1 is 1.20 bits per heavy atom. The van der Waals surface area contributed by atoms with Crippen molar-refractivity contribution in [3.8, 4) is 0 Å². The largest absolute Gasteiger partial charge is 0.606 e. The van der Waals surface area contributed by atoms with Gasteiger partial charge in [-0.2, -0.15) is 13.6 Å². The second-order valence-electron chi connectivity index (χ2n) is 5.50. The summed E-state index contributed by atoms with van der Waals surface area (Å²) in [4.78, 5) is 12.4. The summed E-state index contributed by atoms with van der Waals surface area (Å²) in [6, 6.07) is 10.00. The van der Waals surface area contributed by atoms with Gasteiger partial charge in [-0.05, 0) is 18.4 Å². The summed E-state index contributed by atoms with van der Waals surface area (Å²) in [5.74, 6) is 0.392. The average molecular weight is 296 g/mol. The van der Waals surface area contributed by atoms with Crippen LogP contribution in [0, 0.1) is 5.92 Å². The number of hydrogen-bond donors (Lipinski definition) is 0.